The van der Waals surface area contributed by atoms with Gasteiger partial charge in [0.05, 0.1) is 17.9 Å². The molecule has 0 aliphatic rings. The molecule has 0 spiro atoms. The van der Waals surface area contributed by atoms with E-state index in [4.69, 9.17) is 11.6 Å². The van der Waals surface area contributed by atoms with Crippen LogP contribution in [0.5, 0.6) is 0 Å². The van der Waals surface area contributed by atoms with Crippen molar-refractivity contribution in [2.45, 2.75) is 6.54 Å². The summed E-state index contributed by atoms with van der Waals surface area (Å²) in [6, 6.07) is 18.5. The van der Waals surface area contributed by atoms with E-state index < -0.39 is 5.91 Å². The highest BCUT2D eigenvalue weighted by Gasteiger charge is 2.15. The fourth-order valence-electron chi connectivity index (χ4n) is 3.14. The van der Waals surface area contributed by atoms with Gasteiger partial charge in [0.15, 0.2) is 0 Å². The molecule has 2 amide bonds. The van der Waals surface area contributed by atoms with Crippen molar-refractivity contribution in [3.8, 4) is 16.9 Å². The zero-order valence-electron chi connectivity index (χ0n) is 17.3. The van der Waals surface area contributed by atoms with Crippen LogP contribution >= 0.6 is 11.6 Å². The van der Waals surface area contributed by atoms with Crippen LogP contribution in [-0.4, -0.2) is 33.1 Å². The Labute approximate surface area is 194 Å². The van der Waals surface area contributed by atoms with E-state index in [-0.39, 0.29) is 30.5 Å². The Morgan fingerprint density at radius 2 is 1.76 bits per heavy atom. The van der Waals surface area contributed by atoms with Crippen molar-refractivity contribution >= 4 is 23.4 Å². The maximum atomic E-state index is 13.4. The molecule has 0 fully saturated rings. The van der Waals surface area contributed by atoms with E-state index in [9.17, 15) is 14.0 Å². The second-order valence-corrected chi connectivity index (χ2v) is 7.55. The predicted molar refractivity (Wildman–Crippen MR) is 122 cm³/mol. The Balaban J connectivity index is 1.46. The molecule has 7 nitrogen and oxygen atoms in total. The second-order valence-electron chi connectivity index (χ2n) is 7.11. The molecule has 0 aliphatic heterocycles. The van der Waals surface area contributed by atoms with E-state index in [0.29, 0.717) is 10.7 Å². The number of hydrogen-bond donors (Lipinski definition) is 2. The molecule has 4 rings (SSSR count). The van der Waals surface area contributed by atoms with E-state index in [1.54, 1.807) is 22.9 Å². The molecule has 0 saturated carbocycles. The third-order valence-electron chi connectivity index (χ3n) is 4.77. The van der Waals surface area contributed by atoms with Crippen LogP contribution < -0.4 is 10.6 Å². The van der Waals surface area contributed by atoms with Crippen LogP contribution in [0.15, 0.2) is 79.1 Å². The predicted octanol–water partition coefficient (Wildman–Crippen LogP) is 3.77. The Morgan fingerprint density at radius 1 is 1.00 bits per heavy atom. The maximum absolute atomic E-state index is 13.4. The molecule has 0 unspecified atom stereocenters. The van der Waals surface area contributed by atoms with Crippen molar-refractivity contribution in [2.75, 3.05) is 6.54 Å². The molecule has 166 valence electrons. The molecule has 0 radical (unpaired) electrons. The number of para-hydroxylation sites is 1. The van der Waals surface area contributed by atoms with Gasteiger partial charge in [-0.1, -0.05) is 29.8 Å². The van der Waals surface area contributed by atoms with Crippen molar-refractivity contribution in [3.63, 3.8) is 0 Å². The molecule has 2 N–H and O–H groups in total. The number of carbonyl (C=O) groups is 2. The Kier molecular flexibility index (Phi) is 6.75. The van der Waals surface area contributed by atoms with Gasteiger partial charge in [0.2, 0.25) is 5.91 Å². The molecule has 0 bridgehead atoms. The smallest absolute Gasteiger partial charge is 0.270 e. The molecule has 9 heteroatoms. The SMILES string of the molecule is O=C(CNC(=O)c1cc(Cl)ccn1)NCc1cn(-c2ccccc2)nc1-c1ccc(F)cc1. The summed E-state index contributed by atoms with van der Waals surface area (Å²) < 4.78 is 15.1. The first-order chi connectivity index (χ1) is 16.0. The number of pyridine rings is 1. The van der Waals surface area contributed by atoms with Crippen LogP contribution in [0.3, 0.4) is 0 Å². The van der Waals surface area contributed by atoms with E-state index in [2.05, 4.69) is 20.7 Å². The van der Waals surface area contributed by atoms with Crippen LogP contribution in [0.4, 0.5) is 4.39 Å². The van der Waals surface area contributed by atoms with E-state index in [0.717, 1.165) is 16.8 Å². The zero-order chi connectivity index (χ0) is 23.2. The Morgan fingerprint density at radius 3 is 2.48 bits per heavy atom. The van der Waals surface area contributed by atoms with Gasteiger partial charge in [-0.15, -0.1) is 0 Å². The van der Waals surface area contributed by atoms with Crippen molar-refractivity contribution < 1.29 is 14.0 Å². The molecule has 0 atom stereocenters. The van der Waals surface area contributed by atoms with Gasteiger partial charge >= 0.3 is 0 Å². The van der Waals surface area contributed by atoms with Gasteiger partial charge < -0.3 is 10.6 Å². The highest BCUT2D eigenvalue weighted by molar-refractivity contribution is 6.30. The molecule has 2 aromatic heterocycles. The fourth-order valence-corrected chi connectivity index (χ4v) is 3.30. The zero-order valence-corrected chi connectivity index (χ0v) is 18.1. The van der Waals surface area contributed by atoms with Crippen molar-refractivity contribution in [1.82, 2.24) is 25.4 Å². The van der Waals surface area contributed by atoms with Crippen molar-refractivity contribution in [1.29, 1.82) is 0 Å². The topological polar surface area (TPSA) is 88.9 Å². The lowest BCUT2D eigenvalue weighted by atomic mass is 10.1. The Bertz CT molecular complexity index is 1280. The lowest BCUT2D eigenvalue weighted by Crippen LogP contribution is -2.36. The summed E-state index contributed by atoms with van der Waals surface area (Å²) in [5, 5.41) is 10.3. The number of benzene rings is 2. The third kappa shape index (κ3) is 5.61. The lowest BCUT2D eigenvalue weighted by molar-refractivity contribution is -0.120. The fraction of sp³-hybridized carbons (Fsp3) is 0.0833. The maximum Gasteiger partial charge on any atom is 0.270 e. The minimum atomic E-state index is -0.503. The number of rotatable bonds is 7. The molecule has 0 saturated heterocycles. The number of hydrogen-bond acceptors (Lipinski definition) is 4. The van der Waals surface area contributed by atoms with E-state index >= 15 is 0 Å². The van der Waals surface area contributed by atoms with Gasteiger partial charge in [-0.2, -0.15) is 5.10 Å². The standard InChI is InChI=1S/C24H19ClFN5O2/c25-18-10-11-27-21(12-18)24(33)29-14-22(32)28-13-17-15-31(20-4-2-1-3-5-20)30-23(17)16-6-8-19(26)9-7-16/h1-12,15H,13-14H2,(H,28,32)(H,29,33). The first-order valence-electron chi connectivity index (χ1n) is 10.1. The van der Waals surface area contributed by atoms with Crippen molar-refractivity contribution in [2.24, 2.45) is 0 Å². The normalized spacial score (nSPS) is 10.6. The molecule has 2 aromatic carbocycles. The number of aromatic nitrogens is 3. The minimum Gasteiger partial charge on any atom is -0.350 e. The van der Waals surface area contributed by atoms with Crippen LogP contribution in [0.2, 0.25) is 5.02 Å². The molecule has 0 aliphatic carbocycles. The third-order valence-corrected chi connectivity index (χ3v) is 5.00. The molecule has 4 aromatic rings. The number of carbonyl (C=O) groups excluding carboxylic acids is 2. The second kappa shape index (κ2) is 10.1. The highest BCUT2D eigenvalue weighted by atomic mass is 35.5. The monoisotopic (exact) mass is 463 g/mol. The van der Waals surface area contributed by atoms with Crippen LogP contribution in [0, 0.1) is 5.82 Å². The number of amides is 2. The summed E-state index contributed by atoms with van der Waals surface area (Å²) in [4.78, 5) is 28.4. The van der Waals surface area contributed by atoms with Gasteiger partial charge in [-0.05, 0) is 48.5 Å². The summed E-state index contributed by atoms with van der Waals surface area (Å²) in [6.45, 7) is -0.0601. The van der Waals surface area contributed by atoms with Gasteiger partial charge in [0, 0.05) is 35.1 Å². The quantitative estimate of drug-likeness (QED) is 0.436. The highest BCUT2D eigenvalue weighted by Crippen LogP contribution is 2.24. The molecule has 33 heavy (non-hydrogen) atoms. The average Bonchev–Trinajstić information content (AvgIpc) is 3.26. The van der Waals surface area contributed by atoms with Gasteiger partial charge in [-0.3, -0.25) is 14.6 Å². The minimum absolute atomic E-state index is 0.123. The van der Waals surface area contributed by atoms with Crippen LogP contribution in [-0.2, 0) is 11.3 Å². The van der Waals surface area contributed by atoms with Gasteiger partial charge in [-0.25, -0.2) is 9.07 Å². The first-order valence-corrected chi connectivity index (χ1v) is 10.4. The van der Waals surface area contributed by atoms with E-state index in [1.807, 2.05) is 36.5 Å². The van der Waals surface area contributed by atoms with Crippen LogP contribution in [0.25, 0.3) is 16.9 Å². The average molecular weight is 464 g/mol. The summed E-state index contributed by atoms with van der Waals surface area (Å²) >= 11 is 5.86. The first kappa shape index (κ1) is 22.2. The number of halogens is 2. The lowest BCUT2D eigenvalue weighted by Gasteiger charge is -2.07. The Hall–Kier alpha value is -4.04. The summed E-state index contributed by atoms with van der Waals surface area (Å²) in [7, 11) is 0. The summed E-state index contributed by atoms with van der Waals surface area (Å²) in [5.41, 5.74) is 3.04. The number of nitrogens with one attached hydrogen (secondary N) is 2. The summed E-state index contributed by atoms with van der Waals surface area (Å²) in [6.07, 6.45) is 3.22. The van der Waals surface area contributed by atoms with Gasteiger partial charge in [0.1, 0.15) is 11.5 Å². The number of nitrogens with zero attached hydrogens (tertiary/aromatic N) is 3. The largest absolute Gasteiger partial charge is 0.350 e. The van der Waals surface area contributed by atoms with E-state index in [1.165, 1.54) is 24.4 Å². The van der Waals surface area contributed by atoms with Gasteiger partial charge in [0.25, 0.3) is 5.91 Å². The molecular formula is C24H19ClFN5O2. The van der Waals surface area contributed by atoms with Crippen molar-refractivity contribution in [3.05, 3.63) is 101 Å². The molecule has 2 heterocycles. The summed E-state index contributed by atoms with van der Waals surface area (Å²) in [5.74, 6) is -1.24. The molecular weight excluding hydrogens is 445 g/mol. The van der Waals surface area contributed by atoms with Crippen LogP contribution in [0.1, 0.15) is 16.1 Å².